The molecule has 0 bridgehead atoms. The second kappa shape index (κ2) is 10.1. The molecule has 1 saturated heterocycles. The molecule has 5 rings (SSSR count). The summed E-state index contributed by atoms with van der Waals surface area (Å²) in [4.78, 5) is 34.8. The Morgan fingerprint density at radius 3 is 2.34 bits per heavy atom. The number of carbonyl (C=O) groups is 2. The van der Waals surface area contributed by atoms with Crippen molar-refractivity contribution < 1.29 is 14.7 Å². The molecule has 2 aliphatic heterocycles. The van der Waals surface area contributed by atoms with E-state index in [4.69, 9.17) is 28.3 Å². The van der Waals surface area contributed by atoms with Gasteiger partial charge in [0.1, 0.15) is 5.65 Å². The topological polar surface area (TPSA) is 81.9 Å². The average Bonchev–Trinajstić information content (AvgIpc) is 3.12. The van der Waals surface area contributed by atoms with Crippen molar-refractivity contribution in [2.45, 2.75) is 19.5 Å². The number of carboxylic acids is 1. The molecule has 1 aromatic carbocycles. The van der Waals surface area contributed by atoms with Gasteiger partial charge in [-0.05, 0) is 47.9 Å². The quantitative estimate of drug-likeness (QED) is 0.543. The van der Waals surface area contributed by atoms with Gasteiger partial charge in [-0.15, -0.1) is 0 Å². The molecule has 0 saturated carbocycles. The van der Waals surface area contributed by atoms with E-state index in [2.05, 4.69) is 20.5 Å². The molecule has 2 aliphatic rings. The fraction of sp³-hybridized carbons (Fsp3) is 0.400. The Morgan fingerprint density at radius 1 is 0.971 bits per heavy atom. The minimum Gasteiger partial charge on any atom is -0.480 e. The molecule has 0 atom stereocenters. The zero-order chi connectivity index (χ0) is 24.5. The third-order valence-electron chi connectivity index (χ3n) is 6.81. The summed E-state index contributed by atoms with van der Waals surface area (Å²) < 4.78 is 2.18. The van der Waals surface area contributed by atoms with E-state index in [9.17, 15) is 9.59 Å². The zero-order valence-corrected chi connectivity index (χ0v) is 20.8. The first-order valence-corrected chi connectivity index (χ1v) is 12.5. The van der Waals surface area contributed by atoms with E-state index in [0.717, 1.165) is 28.7 Å². The number of halogens is 2. The van der Waals surface area contributed by atoms with Gasteiger partial charge in [0.05, 0.1) is 19.6 Å². The molecule has 1 fully saturated rings. The zero-order valence-electron chi connectivity index (χ0n) is 19.3. The highest BCUT2D eigenvalue weighted by atomic mass is 35.5. The van der Waals surface area contributed by atoms with Crippen molar-refractivity contribution >= 4 is 46.1 Å². The van der Waals surface area contributed by atoms with Crippen LogP contribution in [0.1, 0.15) is 16.8 Å². The number of amides is 1. The summed E-state index contributed by atoms with van der Waals surface area (Å²) in [5.41, 5.74) is 4.22. The molecule has 8 nitrogen and oxygen atoms in total. The largest absolute Gasteiger partial charge is 0.480 e. The lowest BCUT2D eigenvalue weighted by Gasteiger charge is -2.35. The summed E-state index contributed by atoms with van der Waals surface area (Å²) in [6.07, 6.45) is 2.57. The number of aromatic nitrogens is 2. The third-order valence-corrected chi connectivity index (χ3v) is 7.25. The van der Waals surface area contributed by atoms with Crippen LogP contribution in [0.3, 0.4) is 0 Å². The summed E-state index contributed by atoms with van der Waals surface area (Å²) in [7, 11) is 0. The van der Waals surface area contributed by atoms with Crippen LogP contribution in [0.4, 0.5) is 0 Å². The molecular formula is C25H27Cl2N5O3. The van der Waals surface area contributed by atoms with Crippen LogP contribution in [0.2, 0.25) is 10.0 Å². The smallest absolute Gasteiger partial charge is 0.317 e. The van der Waals surface area contributed by atoms with Crippen LogP contribution in [0.15, 0.2) is 36.5 Å². The number of pyridine rings is 1. The normalized spacial score (nSPS) is 17.0. The van der Waals surface area contributed by atoms with Crippen molar-refractivity contribution in [3.05, 3.63) is 63.4 Å². The number of carbonyl (C=O) groups excluding carboxylic acids is 1. The molecule has 0 aliphatic carbocycles. The number of nitrogens with zero attached hydrogens (tertiary/aromatic N) is 5. The summed E-state index contributed by atoms with van der Waals surface area (Å²) in [5, 5.41) is 11.3. The summed E-state index contributed by atoms with van der Waals surface area (Å²) in [6, 6.07) is 9.58. The van der Waals surface area contributed by atoms with Gasteiger partial charge in [-0.25, -0.2) is 4.98 Å². The predicted molar refractivity (Wildman–Crippen MR) is 135 cm³/mol. The maximum atomic E-state index is 13.2. The van der Waals surface area contributed by atoms with E-state index < -0.39 is 5.97 Å². The fourth-order valence-electron chi connectivity index (χ4n) is 5.12. The maximum Gasteiger partial charge on any atom is 0.317 e. The van der Waals surface area contributed by atoms with Crippen LogP contribution >= 0.6 is 23.2 Å². The van der Waals surface area contributed by atoms with Crippen molar-refractivity contribution in [3.63, 3.8) is 0 Å². The standard InChI is InChI=1S/C25H27Cl2N5O3/c26-18-10-17(11-19(27)12-18)13-32-22-14-31(5-3-20(22)21-2-1-4-28-25(21)32)23(33)15-29-6-8-30(9-7-29)16-24(34)35/h1-2,4,10-12H,3,5-9,13-16H2,(H,34,35). The van der Waals surface area contributed by atoms with Gasteiger partial charge in [0, 0.05) is 66.6 Å². The van der Waals surface area contributed by atoms with Gasteiger partial charge < -0.3 is 14.6 Å². The fourth-order valence-corrected chi connectivity index (χ4v) is 5.69. The van der Waals surface area contributed by atoms with Crippen LogP contribution in [0.25, 0.3) is 11.0 Å². The SMILES string of the molecule is O=C(O)CN1CCN(CC(=O)N2CCc3c(n(Cc4cc(Cl)cc(Cl)c4)c4ncccc34)C2)CC1. The highest BCUT2D eigenvalue weighted by Gasteiger charge is 2.29. The number of rotatable bonds is 6. The van der Waals surface area contributed by atoms with Gasteiger partial charge in [0.2, 0.25) is 5.91 Å². The Kier molecular flexibility index (Phi) is 6.98. The molecule has 2 aromatic heterocycles. The van der Waals surface area contributed by atoms with E-state index in [0.29, 0.717) is 62.4 Å². The van der Waals surface area contributed by atoms with Gasteiger partial charge in [-0.3, -0.25) is 19.4 Å². The first-order chi connectivity index (χ1) is 16.9. The molecular weight excluding hydrogens is 489 g/mol. The van der Waals surface area contributed by atoms with E-state index in [-0.39, 0.29) is 12.5 Å². The molecule has 35 heavy (non-hydrogen) atoms. The molecule has 0 spiro atoms. The average molecular weight is 516 g/mol. The molecule has 184 valence electrons. The van der Waals surface area contributed by atoms with Crippen LogP contribution in [0, 0.1) is 0 Å². The summed E-state index contributed by atoms with van der Waals surface area (Å²) in [5.74, 6) is -0.721. The minimum atomic E-state index is -0.816. The molecule has 1 amide bonds. The lowest BCUT2D eigenvalue weighted by atomic mass is 10.0. The maximum absolute atomic E-state index is 13.2. The van der Waals surface area contributed by atoms with E-state index >= 15 is 0 Å². The highest BCUT2D eigenvalue weighted by Crippen LogP contribution is 2.31. The van der Waals surface area contributed by atoms with Gasteiger partial charge in [0.15, 0.2) is 0 Å². The third kappa shape index (κ3) is 5.30. The van der Waals surface area contributed by atoms with Gasteiger partial charge >= 0.3 is 5.97 Å². The second-order valence-electron chi connectivity index (χ2n) is 9.17. The summed E-state index contributed by atoms with van der Waals surface area (Å²) >= 11 is 12.5. The van der Waals surface area contributed by atoms with Crippen LogP contribution in [0.5, 0.6) is 0 Å². The predicted octanol–water partition coefficient (Wildman–Crippen LogP) is 2.98. The summed E-state index contributed by atoms with van der Waals surface area (Å²) in [6.45, 7) is 4.86. The van der Waals surface area contributed by atoms with Gasteiger partial charge in [-0.1, -0.05) is 23.2 Å². The van der Waals surface area contributed by atoms with Crippen molar-refractivity contribution in [2.75, 3.05) is 45.8 Å². The van der Waals surface area contributed by atoms with E-state index in [1.165, 1.54) is 5.56 Å². The highest BCUT2D eigenvalue weighted by molar-refractivity contribution is 6.34. The lowest BCUT2D eigenvalue weighted by molar-refractivity contribution is -0.139. The van der Waals surface area contributed by atoms with Gasteiger partial charge in [-0.2, -0.15) is 0 Å². The van der Waals surface area contributed by atoms with Gasteiger partial charge in [0.25, 0.3) is 0 Å². The van der Waals surface area contributed by atoms with Crippen molar-refractivity contribution in [2.24, 2.45) is 0 Å². The Labute approximate surface area is 213 Å². The van der Waals surface area contributed by atoms with Crippen LogP contribution in [-0.4, -0.2) is 87.0 Å². The Morgan fingerprint density at radius 2 is 1.66 bits per heavy atom. The molecule has 1 N–H and O–H groups in total. The number of hydrogen-bond acceptors (Lipinski definition) is 5. The molecule has 0 unspecified atom stereocenters. The molecule has 3 aromatic rings. The first kappa shape index (κ1) is 24.1. The Hall–Kier alpha value is -2.65. The van der Waals surface area contributed by atoms with Crippen molar-refractivity contribution in [1.82, 2.24) is 24.3 Å². The second-order valence-corrected chi connectivity index (χ2v) is 10.0. The number of benzene rings is 1. The van der Waals surface area contributed by atoms with E-state index in [1.807, 2.05) is 28.0 Å². The minimum absolute atomic E-state index is 0.0487. The molecule has 10 heteroatoms. The Bertz CT molecular complexity index is 1250. The molecule has 4 heterocycles. The van der Waals surface area contributed by atoms with Crippen molar-refractivity contribution in [1.29, 1.82) is 0 Å². The lowest BCUT2D eigenvalue weighted by Crippen LogP contribution is -2.51. The monoisotopic (exact) mass is 515 g/mol. The number of aliphatic carboxylic acids is 1. The Balaban J connectivity index is 1.33. The number of piperazine rings is 1. The molecule has 0 radical (unpaired) electrons. The number of fused-ring (bicyclic) bond motifs is 3. The first-order valence-electron chi connectivity index (χ1n) is 11.7. The van der Waals surface area contributed by atoms with Crippen LogP contribution in [-0.2, 0) is 29.1 Å². The van der Waals surface area contributed by atoms with Crippen molar-refractivity contribution in [3.8, 4) is 0 Å². The number of carboxylic acid groups (broad SMARTS) is 1. The van der Waals surface area contributed by atoms with Crippen LogP contribution < -0.4 is 0 Å². The number of hydrogen-bond donors (Lipinski definition) is 1. The van der Waals surface area contributed by atoms with E-state index in [1.54, 1.807) is 12.3 Å².